The van der Waals surface area contributed by atoms with E-state index in [2.05, 4.69) is 0 Å². The molecule has 0 unspecified atom stereocenters. The summed E-state index contributed by atoms with van der Waals surface area (Å²) in [4.78, 5) is 0. The van der Waals surface area contributed by atoms with E-state index in [0.717, 1.165) is 5.56 Å². The number of aliphatic hydroxyl groups excluding tert-OH is 1. The van der Waals surface area contributed by atoms with Crippen molar-refractivity contribution >= 4 is 0 Å². The number of benzene rings is 1. The van der Waals surface area contributed by atoms with Gasteiger partial charge in [-0.3, -0.25) is 0 Å². The fraction of sp³-hybridized carbons (Fsp3) is 0.571. The van der Waals surface area contributed by atoms with Crippen LogP contribution >= 0.6 is 0 Å². The van der Waals surface area contributed by atoms with Crippen LogP contribution in [0.3, 0.4) is 0 Å². The number of aliphatic hydroxyl groups is 1. The number of halogens is 1. The second-order valence-corrected chi connectivity index (χ2v) is 4.68. The SMILES string of the molecule is COc1cc(CCCO)cc(C(C)(C)F)c1OC. The average Bonchev–Trinajstić information content (AvgIpc) is 2.33. The minimum atomic E-state index is -1.51. The van der Waals surface area contributed by atoms with Gasteiger partial charge in [-0.1, -0.05) is 0 Å². The first-order chi connectivity index (χ1) is 8.43. The second kappa shape index (κ2) is 6.05. The molecule has 0 atom stereocenters. The molecule has 0 fully saturated rings. The molecule has 1 rings (SSSR count). The Morgan fingerprint density at radius 1 is 1.22 bits per heavy atom. The molecule has 102 valence electrons. The standard InChI is InChI=1S/C14H21FO3/c1-14(2,15)11-8-10(6-5-7-16)9-12(17-3)13(11)18-4/h8-9,16H,5-7H2,1-4H3. The molecule has 0 saturated carbocycles. The van der Waals surface area contributed by atoms with E-state index >= 15 is 0 Å². The van der Waals surface area contributed by atoms with Gasteiger partial charge < -0.3 is 14.6 Å². The Labute approximate surface area is 108 Å². The summed E-state index contributed by atoms with van der Waals surface area (Å²) < 4.78 is 24.7. The number of rotatable bonds is 6. The van der Waals surface area contributed by atoms with Crippen molar-refractivity contribution < 1.29 is 19.0 Å². The fourth-order valence-electron chi connectivity index (χ4n) is 1.89. The first-order valence-electron chi connectivity index (χ1n) is 5.99. The Morgan fingerprint density at radius 3 is 2.33 bits per heavy atom. The minimum Gasteiger partial charge on any atom is -0.493 e. The van der Waals surface area contributed by atoms with Gasteiger partial charge in [0, 0.05) is 12.2 Å². The van der Waals surface area contributed by atoms with Crippen molar-refractivity contribution in [2.45, 2.75) is 32.4 Å². The van der Waals surface area contributed by atoms with E-state index in [9.17, 15) is 4.39 Å². The summed E-state index contributed by atoms with van der Waals surface area (Å²) in [6.07, 6.45) is 1.32. The van der Waals surface area contributed by atoms with E-state index in [1.165, 1.54) is 28.1 Å². The van der Waals surface area contributed by atoms with Gasteiger partial charge in [-0.25, -0.2) is 4.39 Å². The van der Waals surface area contributed by atoms with Gasteiger partial charge in [0.15, 0.2) is 11.5 Å². The molecule has 1 aromatic rings. The van der Waals surface area contributed by atoms with Crippen LogP contribution in [0.1, 0.15) is 31.4 Å². The maximum atomic E-state index is 14.2. The molecule has 3 nitrogen and oxygen atoms in total. The highest BCUT2D eigenvalue weighted by atomic mass is 19.1. The highest BCUT2D eigenvalue weighted by Crippen LogP contribution is 2.40. The molecule has 0 aromatic heterocycles. The lowest BCUT2D eigenvalue weighted by atomic mass is 9.95. The predicted molar refractivity (Wildman–Crippen MR) is 69.1 cm³/mol. The lowest BCUT2D eigenvalue weighted by Crippen LogP contribution is -2.12. The van der Waals surface area contributed by atoms with Crippen molar-refractivity contribution in [1.29, 1.82) is 0 Å². The Kier molecular flexibility index (Phi) is 4.96. The first-order valence-corrected chi connectivity index (χ1v) is 5.99. The summed E-state index contributed by atoms with van der Waals surface area (Å²) in [5.41, 5.74) is -0.104. The Bertz CT molecular complexity index is 397. The van der Waals surface area contributed by atoms with Crippen molar-refractivity contribution in [2.24, 2.45) is 0 Å². The van der Waals surface area contributed by atoms with Crippen LogP contribution in [-0.4, -0.2) is 25.9 Å². The average molecular weight is 256 g/mol. The molecular formula is C14H21FO3. The fourth-order valence-corrected chi connectivity index (χ4v) is 1.89. The molecule has 4 heteroatoms. The third kappa shape index (κ3) is 3.35. The van der Waals surface area contributed by atoms with Crippen LogP contribution in [-0.2, 0) is 12.1 Å². The predicted octanol–water partition coefficient (Wildman–Crippen LogP) is 2.83. The van der Waals surface area contributed by atoms with Gasteiger partial charge in [-0.15, -0.1) is 0 Å². The molecule has 1 aromatic carbocycles. The van der Waals surface area contributed by atoms with Gasteiger partial charge in [0.1, 0.15) is 5.67 Å². The summed E-state index contributed by atoms with van der Waals surface area (Å²) in [5.74, 6) is 0.950. The van der Waals surface area contributed by atoms with Crippen LogP contribution in [0, 0.1) is 0 Å². The van der Waals surface area contributed by atoms with Gasteiger partial charge in [-0.2, -0.15) is 0 Å². The van der Waals surface area contributed by atoms with Gasteiger partial charge in [0.2, 0.25) is 0 Å². The van der Waals surface area contributed by atoms with Gasteiger partial charge in [-0.05, 0) is 44.4 Å². The van der Waals surface area contributed by atoms with E-state index in [4.69, 9.17) is 14.6 Å². The molecular weight excluding hydrogens is 235 g/mol. The van der Waals surface area contributed by atoms with Crippen molar-refractivity contribution in [3.8, 4) is 11.5 Å². The van der Waals surface area contributed by atoms with Crippen molar-refractivity contribution in [1.82, 2.24) is 0 Å². The summed E-state index contributed by atoms with van der Waals surface area (Å²) >= 11 is 0. The largest absolute Gasteiger partial charge is 0.493 e. The van der Waals surface area contributed by atoms with Crippen molar-refractivity contribution in [2.75, 3.05) is 20.8 Å². The highest BCUT2D eigenvalue weighted by molar-refractivity contribution is 5.51. The van der Waals surface area contributed by atoms with Crippen LogP contribution in [0.5, 0.6) is 11.5 Å². The van der Waals surface area contributed by atoms with Gasteiger partial charge >= 0.3 is 0 Å². The number of hydrogen-bond acceptors (Lipinski definition) is 3. The Morgan fingerprint density at radius 2 is 1.89 bits per heavy atom. The quantitative estimate of drug-likeness (QED) is 0.850. The first kappa shape index (κ1) is 14.8. The smallest absolute Gasteiger partial charge is 0.167 e. The summed E-state index contributed by atoms with van der Waals surface area (Å²) in [6.45, 7) is 3.09. The zero-order valence-corrected chi connectivity index (χ0v) is 11.4. The highest BCUT2D eigenvalue weighted by Gasteiger charge is 2.26. The maximum Gasteiger partial charge on any atom is 0.167 e. The Hall–Kier alpha value is -1.29. The molecule has 0 radical (unpaired) electrons. The van der Waals surface area contributed by atoms with Crippen LogP contribution in [0.25, 0.3) is 0 Å². The molecule has 0 bridgehead atoms. The molecule has 0 heterocycles. The molecule has 0 saturated heterocycles. The molecule has 0 spiro atoms. The number of aryl methyl sites for hydroxylation is 1. The van der Waals surface area contributed by atoms with Gasteiger partial charge in [0.05, 0.1) is 14.2 Å². The topological polar surface area (TPSA) is 38.7 Å². The van der Waals surface area contributed by atoms with Crippen LogP contribution in [0.4, 0.5) is 4.39 Å². The number of ether oxygens (including phenoxy) is 2. The van der Waals surface area contributed by atoms with Crippen LogP contribution in [0.2, 0.25) is 0 Å². The molecule has 0 aliphatic rings. The zero-order chi connectivity index (χ0) is 13.8. The number of methoxy groups -OCH3 is 2. The van der Waals surface area contributed by atoms with Crippen molar-refractivity contribution in [3.63, 3.8) is 0 Å². The Balaban J connectivity index is 3.27. The van der Waals surface area contributed by atoms with Gasteiger partial charge in [0.25, 0.3) is 0 Å². The molecule has 0 aliphatic heterocycles. The third-order valence-corrected chi connectivity index (χ3v) is 2.80. The number of alkyl halides is 1. The van der Waals surface area contributed by atoms with Crippen LogP contribution < -0.4 is 9.47 Å². The number of hydrogen-bond donors (Lipinski definition) is 1. The summed E-state index contributed by atoms with van der Waals surface area (Å²) in [6, 6.07) is 3.60. The third-order valence-electron chi connectivity index (χ3n) is 2.80. The summed E-state index contributed by atoms with van der Waals surface area (Å²) in [7, 11) is 3.03. The minimum absolute atomic E-state index is 0.114. The van der Waals surface area contributed by atoms with Crippen molar-refractivity contribution in [3.05, 3.63) is 23.3 Å². The molecule has 1 N–H and O–H groups in total. The second-order valence-electron chi connectivity index (χ2n) is 4.68. The lowest BCUT2D eigenvalue weighted by Gasteiger charge is -2.21. The molecule has 18 heavy (non-hydrogen) atoms. The summed E-state index contributed by atoms with van der Waals surface area (Å²) in [5, 5.41) is 8.85. The van der Waals surface area contributed by atoms with E-state index < -0.39 is 5.67 Å². The normalized spacial score (nSPS) is 11.4. The maximum absolute atomic E-state index is 14.2. The zero-order valence-electron chi connectivity index (χ0n) is 11.4. The van der Waals surface area contributed by atoms with E-state index in [1.807, 2.05) is 6.07 Å². The van der Waals surface area contributed by atoms with E-state index in [1.54, 1.807) is 6.07 Å². The molecule has 0 amide bonds. The molecule has 0 aliphatic carbocycles. The van der Waals surface area contributed by atoms with E-state index in [-0.39, 0.29) is 6.61 Å². The van der Waals surface area contributed by atoms with Crippen LogP contribution in [0.15, 0.2) is 12.1 Å². The lowest BCUT2D eigenvalue weighted by molar-refractivity contribution is 0.211. The van der Waals surface area contributed by atoms with E-state index in [0.29, 0.717) is 29.9 Å². The monoisotopic (exact) mass is 256 g/mol.